The number of hydrogen-bond acceptors (Lipinski definition) is 4. The van der Waals surface area contributed by atoms with Crippen LogP contribution in [0.3, 0.4) is 0 Å². The lowest BCUT2D eigenvalue weighted by atomic mass is 9.78. The molecule has 0 saturated heterocycles. The summed E-state index contributed by atoms with van der Waals surface area (Å²) in [5.74, 6) is 0. The largest absolute Gasteiger partial charge is 0.456 e. The van der Waals surface area contributed by atoms with E-state index in [4.69, 9.17) is 14.7 Å². The summed E-state index contributed by atoms with van der Waals surface area (Å²) in [5, 5.41) is 44.1. The Balaban J connectivity index is 0.000000105. The fourth-order valence-electron chi connectivity index (χ4n) is 22.8. The molecule has 0 radical (unpaired) electrons. The highest BCUT2D eigenvalue weighted by Crippen LogP contribution is 2.52. The second kappa shape index (κ2) is 36.6. The van der Waals surface area contributed by atoms with Crippen molar-refractivity contribution >= 4 is 162 Å². The van der Waals surface area contributed by atoms with Crippen LogP contribution >= 0.6 is 0 Å². The van der Waals surface area contributed by atoms with Gasteiger partial charge in [-0.05, 0) is 277 Å². The molecule has 0 bridgehead atoms. The van der Waals surface area contributed by atoms with Crippen molar-refractivity contribution in [2.75, 3.05) is 0 Å². The molecule has 25 aromatic rings. The summed E-state index contributed by atoms with van der Waals surface area (Å²) < 4.78 is 6.22. The van der Waals surface area contributed by atoms with Crippen LogP contribution in [-0.2, 0) is 27.1 Å². The molecular weight excluding hydrogens is 1700 g/mol. The van der Waals surface area contributed by atoms with Gasteiger partial charge in [0.2, 0.25) is 0 Å². The first kappa shape index (κ1) is 91.2. The first-order valence-corrected chi connectivity index (χ1v) is 49.5. The van der Waals surface area contributed by atoms with Gasteiger partial charge in [-0.15, -0.1) is 0 Å². The zero-order valence-electron chi connectivity index (χ0n) is 83.2. The molecule has 0 aliphatic heterocycles. The topological polar surface area (TPSA) is 62.7 Å². The van der Waals surface area contributed by atoms with Crippen molar-refractivity contribution in [3.8, 4) is 61.7 Å². The first-order chi connectivity index (χ1) is 68.2. The van der Waals surface area contributed by atoms with E-state index in [0.29, 0.717) is 5.56 Å². The van der Waals surface area contributed by atoms with E-state index >= 15 is 0 Å². The van der Waals surface area contributed by atoms with E-state index in [1.54, 1.807) is 0 Å². The Morgan fingerprint density at radius 3 is 0.865 bits per heavy atom. The van der Waals surface area contributed by atoms with Gasteiger partial charge < -0.3 is 4.42 Å². The predicted octanol–water partition coefficient (Wildman–Crippen LogP) is 38.8. The van der Waals surface area contributed by atoms with Crippen LogP contribution in [0.25, 0.3) is 218 Å². The Morgan fingerprint density at radius 2 is 0.489 bits per heavy atom. The number of rotatable bonds is 5. The fourth-order valence-corrected chi connectivity index (χ4v) is 22.8. The number of nitrogens with zero attached hydrogens (tertiary/aromatic N) is 3. The molecule has 0 saturated carbocycles. The number of fused-ring (bicyclic) bond motifs is 17. The molecule has 4 nitrogen and oxygen atoms in total. The molecule has 0 aliphatic rings. The van der Waals surface area contributed by atoms with Crippen LogP contribution in [0, 0.1) is 11.3 Å². The molecule has 141 heavy (non-hydrogen) atoms. The highest BCUT2D eigenvalue weighted by atomic mass is 16.3. The summed E-state index contributed by atoms with van der Waals surface area (Å²) in [5.41, 5.74) is 23.4. The number of aromatic nitrogens is 2. The second-order valence-corrected chi connectivity index (χ2v) is 42.8. The molecule has 0 spiro atoms. The summed E-state index contributed by atoms with van der Waals surface area (Å²) in [6.07, 6.45) is 5.68. The minimum Gasteiger partial charge on any atom is -0.456 e. The zero-order valence-corrected chi connectivity index (χ0v) is 83.2. The van der Waals surface area contributed by atoms with E-state index in [0.717, 1.165) is 22.2 Å². The van der Waals surface area contributed by atoms with E-state index in [1.807, 2.05) is 55.0 Å². The Hall–Kier alpha value is -16.2. The lowest BCUT2D eigenvalue weighted by Crippen LogP contribution is -2.13. The van der Waals surface area contributed by atoms with Gasteiger partial charge in [-0.2, -0.15) is 5.26 Å². The van der Waals surface area contributed by atoms with Crippen LogP contribution in [0.15, 0.2) is 429 Å². The van der Waals surface area contributed by atoms with E-state index in [-0.39, 0.29) is 27.1 Å². The summed E-state index contributed by atoms with van der Waals surface area (Å²) in [6.45, 7) is 34.5. The zero-order chi connectivity index (χ0) is 97.4. The average Bonchev–Trinajstić information content (AvgIpc) is 1.13. The van der Waals surface area contributed by atoms with Crippen molar-refractivity contribution in [3.05, 3.63) is 458 Å². The maximum Gasteiger partial charge on any atom is 0.136 e. The van der Waals surface area contributed by atoms with E-state index in [2.05, 4.69) is 485 Å². The van der Waals surface area contributed by atoms with E-state index in [1.165, 1.54) is 223 Å². The molecule has 4 heteroatoms. The summed E-state index contributed by atoms with van der Waals surface area (Å²) in [4.78, 5) is 9.09. The number of para-hydroxylation sites is 2. The minimum absolute atomic E-state index is 0.0421. The molecule has 3 heterocycles. The summed E-state index contributed by atoms with van der Waals surface area (Å²) in [7, 11) is 0. The molecule has 0 unspecified atom stereocenters. The third-order valence-electron chi connectivity index (χ3n) is 28.3. The third kappa shape index (κ3) is 16.9. The van der Waals surface area contributed by atoms with Gasteiger partial charge in [0.05, 0.1) is 17.1 Å². The third-order valence-corrected chi connectivity index (χ3v) is 28.3. The number of benzene rings is 22. The van der Waals surface area contributed by atoms with Crippen LogP contribution in [-0.4, -0.2) is 9.97 Å². The monoisotopic (exact) mass is 1820 g/mol. The molecule has 684 valence electrons. The van der Waals surface area contributed by atoms with Gasteiger partial charge in [0.25, 0.3) is 0 Å². The van der Waals surface area contributed by atoms with Crippen molar-refractivity contribution in [2.24, 2.45) is 0 Å². The van der Waals surface area contributed by atoms with Crippen LogP contribution in [0.4, 0.5) is 0 Å². The lowest BCUT2D eigenvalue weighted by molar-refractivity contribution is 0.601. The van der Waals surface area contributed by atoms with Crippen molar-refractivity contribution in [3.63, 3.8) is 0 Å². The van der Waals surface area contributed by atoms with E-state index < -0.39 is 0 Å². The van der Waals surface area contributed by atoms with Crippen LogP contribution in [0.1, 0.15) is 137 Å². The van der Waals surface area contributed by atoms with Gasteiger partial charge in [0, 0.05) is 45.9 Å². The standard InChI is InChI=1S/C32H26.C30H24O.C27H23N.C25H21N.C23H21N/c1-32(2,3)31-28-14-8-6-12-26(28)30(27-13-7-9-15-29(27)31)23-18-19-25-22(20-23)17-16-21-10-4-5-11-24(21)25;1-30(2,3)29-24-13-6-4-11-22(24)28(23-12-5-7-14-25(23)29)19-16-17-21-20-10-8-9-15-26(20)31-27(21)18-19;1-27(2,3)25-21-14-6-4-12-19(21)24(20-13-5-7-15-22(20)25)23-16-8-10-18-11-9-17-28-26(18)23;1-25(2,3)24-21-10-6-4-8-19(21)23(20-9-5-7-11-22(20)24)18-14-12-17(16-26)13-15-18;1-23(2,3)22-19-12-6-4-10-17(19)21(16-9-8-14-24-15-16)18-11-5-7-13-20(18)22/h4-20H,1-3H3;4-18H,1-3H3;4-17H,1-3H3;4-15H,1-3H3;4-15H,1-3H3. The van der Waals surface area contributed by atoms with Crippen LogP contribution < -0.4 is 0 Å². The van der Waals surface area contributed by atoms with Crippen molar-refractivity contribution in [1.82, 2.24) is 9.97 Å². The Labute approximate surface area is 826 Å². The minimum atomic E-state index is 0.0421. The van der Waals surface area contributed by atoms with Gasteiger partial charge in [-0.1, -0.05) is 462 Å². The Kier molecular flexibility index (Phi) is 23.7. The lowest BCUT2D eigenvalue weighted by Gasteiger charge is -2.26. The average molecular weight is 1820 g/mol. The molecule has 0 atom stereocenters. The van der Waals surface area contributed by atoms with Crippen molar-refractivity contribution in [2.45, 2.75) is 131 Å². The fraction of sp³-hybridized carbons (Fsp3) is 0.146. The normalized spacial score (nSPS) is 12.1. The van der Waals surface area contributed by atoms with Gasteiger partial charge in [-0.25, -0.2) is 0 Å². The van der Waals surface area contributed by atoms with Gasteiger partial charge in [-0.3, -0.25) is 9.97 Å². The SMILES string of the molecule is CC(C)(C)c1c2ccccc2c(-c2ccc(C#N)cc2)c2ccccc12.CC(C)(C)c1c2ccccc2c(-c2ccc3c(c2)oc2ccccc23)c2ccccc12.CC(C)(C)c1c2ccccc2c(-c2ccc3c(ccc4ccccc43)c2)c2ccccc12.CC(C)(C)c1c2ccccc2c(-c2cccc3cccnc23)c2ccccc12.CC(C)(C)c1c2ccccc2c(-c2cccnc2)c2ccccc12. The molecular formula is C137H115N3O. The number of nitriles is 1. The molecule has 25 rings (SSSR count). The van der Waals surface area contributed by atoms with Crippen molar-refractivity contribution in [1.29, 1.82) is 5.26 Å². The highest BCUT2D eigenvalue weighted by Gasteiger charge is 2.31. The predicted molar refractivity (Wildman–Crippen MR) is 608 cm³/mol. The first-order valence-electron chi connectivity index (χ1n) is 49.5. The molecule has 3 aromatic heterocycles. The summed E-state index contributed by atoms with van der Waals surface area (Å²) >= 11 is 0. The molecule has 0 aliphatic carbocycles. The Morgan fingerprint density at radius 1 is 0.206 bits per heavy atom. The molecule has 0 fully saturated rings. The quantitative estimate of drug-likeness (QED) is 0.127. The van der Waals surface area contributed by atoms with Crippen molar-refractivity contribution < 1.29 is 4.42 Å². The number of hydrogen-bond donors (Lipinski definition) is 0. The Bertz CT molecular complexity index is 8960. The second-order valence-electron chi connectivity index (χ2n) is 42.8. The van der Waals surface area contributed by atoms with E-state index in [9.17, 15) is 0 Å². The van der Waals surface area contributed by atoms with Crippen LogP contribution in [0.2, 0.25) is 0 Å². The smallest absolute Gasteiger partial charge is 0.136 e. The van der Waals surface area contributed by atoms with Crippen LogP contribution in [0.5, 0.6) is 0 Å². The summed E-state index contributed by atoms with van der Waals surface area (Å²) in [6, 6.07) is 148. The maximum atomic E-state index is 9.12. The van der Waals surface area contributed by atoms with Gasteiger partial charge in [0.15, 0.2) is 0 Å². The molecule has 0 N–H and O–H groups in total. The number of pyridine rings is 2. The maximum absolute atomic E-state index is 9.12. The highest BCUT2D eigenvalue weighted by molar-refractivity contribution is 6.23. The number of furan rings is 1. The molecule has 22 aromatic carbocycles. The van der Waals surface area contributed by atoms with Gasteiger partial charge in [0.1, 0.15) is 11.2 Å². The van der Waals surface area contributed by atoms with Gasteiger partial charge >= 0.3 is 0 Å². The molecule has 0 amide bonds.